The van der Waals surface area contributed by atoms with Crippen LogP contribution in [-0.4, -0.2) is 70.6 Å². The molecule has 0 aliphatic rings. The molecule has 11 N–H and O–H groups in total. The van der Waals surface area contributed by atoms with Gasteiger partial charge in [0.05, 0.1) is 6.04 Å². The summed E-state index contributed by atoms with van der Waals surface area (Å²) in [6.07, 6.45) is 0.629. The molecular formula is C25H41N7O6. The van der Waals surface area contributed by atoms with E-state index in [2.05, 4.69) is 20.9 Å². The molecule has 1 rings (SSSR count). The fraction of sp³-hybridized carbons (Fsp3) is 0.560. The number of carboxylic acids is 1. The van der Waals surface area contributed by atoms with Crippen molar-refractivity contribution >= 4 is 29.7 Å². The number of carbonyl (C=O) groups is 4. The number of hydrogen-bond acceptors (Lipinski definition) is 7. The second-order valence-corrected chi connectivity index (χ2v) is 9.79. The third-order valence-corrected chi connectivity index (χ3v) is 5.78. The van der Waals surface area contributed by atoms with Gasteiger partial charge in [0.2, 0.25) is 17.7 Å². The van der Waals surface area contributed by atoms with Crippen molar-refractivity contribution in [3.8, 4) is 5.75 Å². The molecule has 1 aromatic rings. The van der Waals surface area contributed by atoms with Gasteiger partial charge in [-0.15, -0.1) is 0 Å². The molecule has 0 bridgehead atoms. The molecule has 212 valence electrons. The Bertz CT molecular complexity index is 977. The van der Waals surface area contributed by atoms with E-state index in [0.29, 0.717) is 6.42 Å². The van der Waals surface area contributed by atoms with Crippen molar-refractivity contribution in [2.24, 2.45) is 34.0 Å². The van der Waals surface area contributed by atoms with Crippen molar-refractivity contribution in [1.29, 1.82) is 0 Å². The van der Waals surface area contributed by atoms with Crippen LogP contribution < -0.4 is 33.2 Å². The summed E-state index contributed by atoms with van der Waals surface area (Å²) in [4.78, 5) is 54.4. The molecule has 4 unspecified atom stereocenters. The standard InChI is InChI=1S/C25H41N7O6/c1-13(2)19(31-21(34)17(26)12-15-7-9-16(33)10-8-15)23(36)30-18(6-5-11-29-25(27)28)22(35)32-20(14(3)4)24(37)38/h7-10,13-14,17-20,33H,5-6,11-12,26H2,1-4H3,(H,30,36)(H,31,34)(H,32,35)(H,37,38)(H4,27,28,29). The third kappa shape index (κ3) is 11.0. The highest BCUT2D eigenvalue weighted by atomic mass is 16.4. The molecule has 0 spiro atoms. The van der Waals surface area contributed by atoms with E-state index in [1.54, 1.807) is 39.8 Å². The number of aliphatic carboxylic acids is 1. The molecule has 13 heteroatoms. The Kier molecular flexibility index (Phi) is 13.0. The molecule has 3 amide bonds. The number of benzene rings is 1. The van der Waals surface area contributed by atoms with Crippen LogP contribution in [0.2, 0.25) is 0 Å². The molecule has 1 aromatic carbocycles. The molecule has 0 saturated heterocycles. The Morgan fingerprint density at radius 3 is 1.92 bits per heavy atom. The van der Waals surface area contributed by atoms with Crippen molar-refractivity contribution in [2.45, 2.75) is 71.1 Å². The van der Waals surface area contributed by atoms with Gasteiger partial charge in [0.15, 0.2) is 5.96 Å². The second-order valence-electron chi connectivity index (χ2n) is 9.79. The van der Waals surface area contributed by atoms with E-state index >= 15 is 0 Å². The Hall–Kier alpha value is -3.87. The second kappa shape index (κ2) is 15.4. The van der Waals surface area contributed by atoms with Crippen LogP contribution in [0.25, 0.3) is 0 Å². The molecule has 0 saturated carbocycles. The van der Waals surface area contributed by atoms with Crippen molar-refractivity contribution in [3.63, 3.8) is 0 Å². The van der Waals surface area contributed by atoms with Crippen molar-refractivity contribution in [3.05, 3.63) is 29.8 Å². The van der Waals surface area contributed by atoms with Crippen LogP contribution in [0.15, 0.2) is 29.3 Å². The molecule has 0 aliphatic heterocycles. The lowest BCUT2D eigenvalue weighted by Crippen LogP contribution is -2.59. The Labute approximate surface area is 222 Å². The zero-order valence-corrected chi connectivity index (χ0v) is 22.3. The molecule has 0 aliphatic carbocycles. The highest BCUT2D eigenvalue weighted by molar-refractivity contribution is 5.94. The summed E-state index contributed by atoms with van der Waals surface area (Å²) in [6.45, 7) is 6.95. The minimum absolute atomic E-state index is 0.0864. The van der Waals surface area contributed by atoms with Gasteiger partial charge in [-0.1, -0.05) is 39.8 Å². The number of rotatable bonds is 15. The Balaban J connectivity index is 2.97. The molecule has 38 heavy (non-hydrogen) atoms. The molecular weight excluding hydrogens is 494 g/mol. The SMILES string of the molecule is CC(C)C(NC(=O)C(CCCN=C(N)N)NC(=O)C(NC(=O)C(N)Cc1ccc(O)cc1)C(C)C)C(=O)O. The molecule has 0 heterocycles. The van der Waals surface area contributed by atoms with Crippen LogP contribution in [0.1, 0.15) is 46.1 Å². The lowest BCUT2D eigenvalue weighted by Gasteiger charge is -2.27. The van der Waals surface area contributed by atoms with Crippen molar-refractivity contribution < 1.29 is 29.4 Å². The van der Waals surface area contributed by atoms with Crippen LogP contribution in [0, 0.1) is 11.8 Å². The Morgan fingerprint density at radius 2 is 1.42 bits per heavy atom. The predicted octanol–water partition coefficient (Wildman–Crippen LogP) is -0.833. The van der Waals surface area contributed by atoms with Gasteiger partial charge in [-0.2, -0.15) is 0 Å². The number of guanidine groups is 1. The van der Waals surface area contributed by atoms with Gasteiger partial charge in [0.25, 0.3) is 0 Å². The van der Waals surface area contributed by atoms with Gasteiger partial charge in [0.1, 0.15) is 23.9 Å². The minimum atomic E-state index is -1.20. The minimum Gasteiger partial charge on any atom is -0.508 e. The fourth-order valence-corrected chi connectivity index (χ4v) is 3.58. The van der Waals surface area contributed by atoms with Gasteiger partial charge in [-0.3, -0.25) is 19.4 Å². The number of amides is 3. The first-order valence-corrected chi connectivity index (χ1v) is 12.5. The van der Waals surface area contributed by atoms with Crippen LogP contribution >= 0.6 is 0 Å². The highest BCUT2D eigenvalue weighted by Crippen LogP contribution is 2.12. The first-order valence-electron chi connectivity index (χ1n) is 12.5. The number of nitrogens with one attached hydrogen (secondary N) is 3. The topological polar surface area (TPSA) is 235 Å². The first-order chi connectivity index (χ1) is 17.7. The van der Waals surface area contributed by atoms with Gasteiger partial charge < -0.3 is 43.4 Å². The van der Waals surface area contributed by atoms with E-state index in [1.165, 1.54) is 12.1 Å². The van der Waals surface area contributed by atoms with E-state index < -0.39 is 53.8 Å². The smallest absolute Gasteiger partial charge is 0.326 e. The first kappa shape index (κ1) is 32.2. The number of phenols is 1. The zero-order valence-electron chi connectivity index (χ0n) is 22.3. The maximum Gasteiger partial charge on any atom is 0.326 e. The largest absolute Gasteiger partial charge is 0.508 e. The number of aliphatic imine (C=N–C) groups is 1. The van der Waals surface area contributed by atoms with E-state index in [9.17, 15) is 29.4 Å². The normalized spacial score (nSPS) is 14.2. The van der Waals surface area contributed by atoms with Crippen molar-refractivity contribution in [2.75, 3.05) is 6.54 Å². The molecule has 0 fully saturated rings. The van der Waals surface area contributed by atoms with Gasteiger partial charge in [-0.25, -0.2) is 4.79 Å². The van der Waals surface area contributed by atoms with Gasteiger partial charge >= 0.3 is 5.97 Å². The number of nitrogens with zero attached hydrogens (tertiary/aromatic N) is 1. The third-order valence-electron chi connectivity index (χ3n) is 5.78. The molecule has 0 radical (unpaired) electrons. The lowest BCUT2D eigenvalue weighted by atomic mass is 10.00. The summed E-state index contributed by atoms with van der Waals surface area (Å²) in [7, 11) is 0. The zero-order chi connectivity index (χ0) is 29.0. The number of nitrogens with two attached hydrogens (primary N) is 3. The Morgan fingerprint density at radius 1 is 0.868 bits per heavy atom. The van der Waals surface area contributed by atoms with Crippen LogP contribution in [-0.2, 0) is 25.6 Å². The number of phenolic OH excluding ortho intramolecular Hbond substituents is 1. The van der Waals surface area contributed by atoms with Gasteiger partial charge in [-0.05, 0) is 48.8 Å². The summed E-state index contributed by atoms with van der Waals surface area (Å²) in [5, 5.41) is 26.6. The summed E-state index contributed by atoms with van der Waals surface area (Å²) in [6, 6.07) is 2.02. The fourth-order valence-electron chi connectivity index (χ4n) is 3.58. The maximum absolute atomic E-state index is 13.2. The van der Waals surface area contributed by atoms with E-state index in [-0.39, 0.29) is 37.0 Å². The quantitative estimate of drug-likeness (QED) is 0.0793. The van der Waals surface area contributed by atoms with E-state index in [0.717, 1.165) is 5.56 Å². The lowest BCUT2D eigenvalue weighted by molar-refractivity contribution is -0.143. The average molecular weight is 536 g/mol. The average Bonchev–Trinajstić information content (AvgIpc) is 2.82. The summed E-state index contributed by atoms with van der Waals surface area (Å²) >= 11 is 0. The predicted molar refractivity (Wildman–Crippen MR) is 143 cm³/mol. The van der Waals surface area contributed by atoms with Crippen LogP contribution in [0.3, 0.4) is 0 Å². The molecule has 13 nitrogen and oxygen atoms in total. The van der Waals surface area contributed by atoms with Crippen LogP contribution in [0.4, 0.5) is 0 Å². The summed E-state index contributed by atoms with van der Waals surface area (Å²) in [5.41, 5.74) is 17.4. The molecule has 4 atom stereocenters. The number of aromatic hydroxyl groups is 1. The highest BCUT2D eigenvalue weighted by Gasteiger charge is 2.32. The monoisotopic (exact) mass is 535 g/mol. The number of carboxylic acid groups (broad SMARTS) is 1. The van der Waals surface area contributed by atoms with E-state index in [1.807, 2.05) is 0 Å². The molecule has 0 aromatic heterocycles. The maximum atomic E-state index is 13.2. The van der Waals surface area contributed by atoms with Crippen LogP contribution in [0.5, 0.6) is 5.75 Å². The van der Waals surface area contributed by atoms with Crippen molar-refractivity contribution in [1.82, 2.24) is 16.0 Å². The summed E-state index contributed by atoms with van der Waals surface area (Å²) in [5.74, 6) is -3.85. The number of carbonyl (C=O) groups excluding carboxylic acids is 3. The summed E-state index contributed by atoms with van der Waals surface area (Å²) < 4.78 is 0. The number of hydrogen-bond donors (Lipinski definition) is 8. The van der Waals surface area contributed by atoms with Gasteiger partial charge in [0, 0.05) is 6.54 Å². The van der Waals surface area contributed by atoms with E-state index in [4.69, 9.17) is 17.2 Å².